The van der Waals surface area contributed by atoms with Crippen LogP contribution in [0.5, 0.6) is 11.5 Å². The van der Waals surface area contributed by atoms with Gasteiger partial charge in [-0.2, -0.15) is 0 Å². The zero-order valence-electron chi connectivity index (χ0n) is 19.3. The maximum atomic E-state index is 13.7. The highest BCUT2D eigenvalue weighted by Gasteiger charge is 2.43. The average molecular weight is 456 g/mol. The van der Waals surface area contributed by atoms with Crippen molar-refractivity contribution in [1.82, 2.24) is 0 Å². The quantitative estimate of drug-likeness (QED) is 0.376. The summed E-state index contributed by atoms with van der Waals surface area (Å²) in [5.41, 5.74) is 2.95. The molecule has 1 aliphatic rings. The van der Waals surface area contributed by atoms with Crippen LogP contribution in [0.3, 0.4) is 0 Å². The summed E-state index contributed by atoms with van der Waals surface area (Å²) in [5.74, 6) is 1.17. The molecule has 6 nitrogen and oxygen atoms in total. The average Bonchev–Trinajstić information content (AvgIpc) is 3.13. The molecule has 1 atom stereocenters. The first-order chi connectivity index (χ1) is 16.5. The van der Waals surface area contributed by atoms with Crippen LogP contribution >= 0.6 is 0 Å². The molecule has 34 heavy (non-hydrogen) atoms. The third-order valence-corrected chi connectivity index (χ3v) is 5.96. The van der Waals surface area contributed by atoms with E-state index in [2.05, 4.69) is 0 Å². The van der Waals surface area contributed by atoms with Crippen molar-refractivity contribution in [2.24, 2.45) is 0 Å². The van der Waals surface area contributed by atoms with Gasteiger partial charge in [-0.25, -0.2) is 0 Å². The van der Waals surface area contributed by atoms with Gasteiger partial charge in [0.25, 0.3) is 5.91 Å². The number of hydrogen-bond acceptors (Lipinski definition) is 5. The van der Waals surface area contributed by atoms with Gasteiger partial charge in [-0.1, -0.05) is 23.8 Å². The van der Waals surface area contributed by atoms with Crippen molar-refractivity contribution >= 4 is 22.6 Å². The largest absolute Gasteiger partial charge is 0.494 e. The van der Waals surface area contributed by atoms with Crippen LogP contribution in [-0.4, -0.2) is 19.1 Å². The van der Waals surface area contributed by atoms with Crippen LogP contribution in [0, 0.1) is 6.92 Å². The lowest BCUT2D eigenvalue weighted by Crippen LogP contribution is -2.29. The van der Waals surface area contributed by atoms with Crippen LogP contribution in [0.4, 0.5) is 5.69 Å². The van der Waals surface area contributed by atoms with E-state index in [0.29, 0.717) is 41.2 Å². The lowest BCUT2D eigenvalue weighted by molar-refractivity contribution is 0.0971. The zero-order chi connectivity index (χ0) is 23.8. The molecular formula is C28H25NO5. The molecule has 0 spiro atoms. The number of carbonyl (C=O) groups is 1. The number of benzene rings is 3. The highest BCUT2D eigenvalue weighted by atomic mass is 16.5. The lowest BCUT2D eigenvalue weighted by Gasteiger charge is -2.25. The zero-order valence-corrected chi connectivity index (χ0v) is 19.3. The summed E-state index contributed by atoms with van der Waals surface area (Å²) >= 11 is 0. The van der Waals surface area contributed by atoms with Gasteiger partial charge >= 0.3 is 0 Å². The second-order valence-electron chi connectivity index (χ2n) is 8.18. The molecule has 6 heteroatoms. The molecule has 172 valence electrons. The third kappa shape index (κ3) is 3.61. The summed E-state index contributed by atoms with van der Waals surface area (Å²) in [6, 6.07) is 19.6. The summed E-state index contributed by atoms with van der Waals surface area (Å²) in [7, 11) is 0. The Kier molecular flexibility index (Phi) is 5.57. The van der Waals surface area contributed by atoms with Crippen molar-refractivity contribution in [2.45, 2.75) is 26.8 Å². The summed E-state index contributed by atoms with van der Waals surface area (Å²) in [4.78, 5) is 29.0. The molecule has 5 rings (SSSR count). The molecule has 1 aliphatic heterocycles. The summed E-state index contributed by atoms with van der Waals surface area (Å²) in [6.07, 6.45) is 0. The number of rotatable bonds is 6. The molecule has 0 aliphatic carbocycles. The molecule has 0 radical (unpaired) electrons. The molecule has 1 aromatic heterocycles. The number of hydrogen-bond donors (Lipinski definition) is 0. The number of nitrogens with zero attached hydrogens (tertiary/aromatic N) is 1. The number of fused-ring (bicyclic) bond motifs is 2. The number of carbonyl (C=O) groups excluding carboxylic acids is 1. The van der Waals surface area contributed by atoms with E-state index in [1.165, 1.54) is 0 Å². The SMILES string of the molecule is CCOc1ccc(C2c3c(oc4ccc(C)cc4c3=O)C(=O)N2c2ccc(OCC)cc2)cc1. The van der Waals surface area contributed by atoms with Gasteiger partial charge in [-0.05, 0) is 74.9 Å². The van der Waals surface area contributed by atoms with Crippen LogP contribution in [0.2, 0.25) is 0 Å². The van der Waals surface area contributed by atoms with Crippen LogP contribution < -0.4 is 19.8 Å². The standard InChI is InChI=1S/C28H25NO5/c1-4-32-20-11-7-18(8-12-20)25-24-26(30)22-16-17(3)6-15-23(22)34-27(24)28(31)29(25)19-9-13-21(14-10-19)33-5-2/h6-16,25H,4-5H2,1-3H3. The summed E-state index contributed by atoms with van der Waals surface area (Å²) in [5, 5.41) is 0.469. The molecule has 0 fully saturated rings. The number of ether oxygens (including phenoxy) is 2. The van der Waals surface area contributed by atoms with Gasteiger partial charge in [0, 0.05) is 5.69 Å². The fourth-order valence-corrected chi connectivity index (χ4v) is 4.45. The van der Waals surface area contributed by atoms with Gasteiger partial charge in [-0.15, -0.1) is 0 Å². The van der Waals surface area contributed by atoms with E-state index in [1.54, 1.807) is 17.0 Å². The third-order valence-electron chi connectivity index (χ3n) is 5.96. The minimum Gasteiger partial charge on any atom is -0.494 e. The molecule has 3 aromatic carbocycles. The van der Waals surface area contributed by atoms with E-state index >= 15 is 0 Å². The molecule has 0 N–H and O–H groups in total. The molecular weight excluding hydrogens is 430 g/mol. The van der Waals surface area contributed by atoms with Crippen molar-refractivity contribution in [3.05, 3.63) is 99.4 Å². The van der Waals surface area contributed by atoms with Crippen molar-refractivity contribution in [2.75, 3.05) is 18.1 Å². The maximum absolute atomic E-state index is 13.7. The van der Waals surface area contributed by atoms with Gasteiger partial charge in [0.15, 0.2) is 5.43 Å². The normalized spacial score (nSPS) is 15.0. The van der Waals surface area contributed by atoms with Crippen molar-refractivity contribution < 1.29 is 18.7 Å². The van der Waals surface area contributed by atoms with Crippen LogP contribution in [0.15, 0.2) is 75.9 Å². The molecule has 1 amide bonds. The van der Waals surface area contributed by atoms with Crippen molar-refractivity contribution in [3.8, 4) is 11.5 Å². The van der Waals surface area contributed by atoms with Gasteiger partial charge in [-0.3, -0.25) is 14.5 Å². The Balaban J connectivity index is 1.71. The maximum Gasteiger partial charge on any atom is 0.295 e. The van der Waals surface area contributed by atoms with Crippen LogP contribution in [0.25, 0.3) is 11.0 Å². The molecule has 0 saturated heterocycles. The highest BCUT2D eigenvalue weighted by Crippen LogP contribution is 2.42. The Bertz CT molecular complexity index is 1420. The first-order valence-corrected chi connectivity index (χ1v) is 11.4. The molecule has 0 saturated carbocycles. The second kappa shape index (κ2) is 8.71. The Morgan fingerprint density at radius 1 is 0.853 bits per heavy atom. The molecule has 4 aromatic rings. The predicted molar refractivity (Wildman–Crippen MR) is 131 cm³/mol. The van der Waals surface area contributed by atoms with Gasteiger partial charge in [0.1, 0.15) is 17.1 Å². The van der Waals surface area contributed by atoms with E-state index < -0.39 is 6.04 Å². The lowest BCUT2D eigenvalue weighted by atomic mass is 9.97. The van der Waals surface area contributed by atoms with Gasteiger partial charge in [0.05, 0.1) is 30.2 Å². The molecule has 2 heterocycles. The van der Waals surface area contributed by atoms with Gasteiger partial charge < -0.3 is 13.9 Å². The van der Waals surface area contributed by atoms with E-state index in [4.69, 9.17) is 13.9 Å². The van der Waals surface area contributed by atoms with E-state index in [9.17, 15) is 9.59 Å². The smallest absolute Gasteiger partial charge is 0.295 e. The van der Waals surface area contributed by atoms with E-state index in [1.807, 2.05) is 75.4 Å². The first kappa shape index (κ1) is 21.8. The Morgan fingerprint density at radius 3 is 2.09 bits per heavy atom. The minimum atomic E-state index is -0.628. The monoisotopic (exact) mass is 455 g/mol. The Labute approximate surface area is 197 Å². The van der Waals surface area contributed by atoms with Crippen LogP contribution in [0.1, 0.15) is 47.1 Å². The fraction of sp³-hybridized carbons (Fsp3) is 0.214. The predicted octanol–water partition coefficient (Wildman–Crippen LogP) is 5.65. The Morgan fingerprint density at radius 2 is 1.47 bits per heavy atom. The number of aryl methyl sites for hydroxylation is 1. The fourth-order valence-electron chi connectivity index (χ4n) is 4.45. The van der Waals surface area contributed by atoms with Crippen LogP contribution in [-0.2, 0) is 0 Å². The van der Waals surface area contributed by atoms with Crippen molar-refractivity contribution in [1.29, 1.82) is 0 Å². The highest BCUT2D eigenvalue weighted by molar-refractivity contribution is 6.10. The first-order valence-electron chi connectivity index (χ1n) is 11.4. The summed E-state index contributed by atoms with van der Waals surface area (Å²) < 4.78 is 17.2. The van der Waals surface area contributed by atoms with E-state index in [0.717, 1.165) is 16.9 Å². The number of amides is 1. The van der Waals surface area contributed by atoms with Crippen molar-refractivity contribution in [3.63, 3.8) is 0 Å². The van der Waals surface area contributed by atoms with E-state index in [-0.39, 0.29) is 17.1 Å². The minimum absolute atomic E-state index is 0.0779. The van der Waals surface area contributed by atoms with Gasteiger partial charge in [0.2, 0.25) is 5.76 Å². The Hall–Kier alpha value is -4.06. The molecule has 1 unspecified atom stereocenters. The second-order valence-corrected chi connectivity index (χ2v) is 8.18. The summed E-state index contributed by atoms with van der Waals surface area (Å²) in [6.45, 7) is 6.86. The number of anilines is 1. The topological polar surface area (TPSA) is 69.0 Å². The molecule has 0 bridgehead atoms.